The van der Waals surface area contributed by atoms with Gasteiger partial charge in [-0.25, -0.2) is 0 Å². The summed E-state index contributed by atoms with van der Waals surface area (Å²) in [6, 6.07) is 89.3. The molecule has 0 saturated heterocycles. The molecule has 0 saturated carbocycles. The summed E-state index contributed by atoms with van der Waals surface area (Å²) in [5, 5.41) is 4.92. The Balaban J connectivity index is 0.000000174. The fourth-order valence-electron chi connectivity index (χ4n) is 11.0. The first-order chi connectivity index (χ1) is 36.0. The van der Waals surface area contributed by atoms with E-state index in [-0.39, 0.29) is 12.8 Å². The molecule has 0 spiro atoms. The van der Waals surface area contributed by atoms with Gasteiger partial charge in [-0.1, -0.05) is 215 Å². The molecular weight excluding hydrogens is 915 g/mol. The number of thiophene rings is 1. The van der Waals surface area contributed by atoms with Crippen molar-refractivity contribution in [2.45, 2.75) is 26.7 Å². The summed E-state index contributed by atoms with van der Waals surface area (Å²) in [6.07, 6.45) is 3.75. The zero-order valence-corrected chi connectivity index (χ0v) is 41.4. The summed E-state index contributed by atoms with van der Waals surface area (Å²) >= 11 is 1.88. The first-order valence-corrected chi connectivity index (χ1v) is 25.8. The second-order valence-corrected chi connectivity index (χ2v) is 20.3. The summed E-state index contributed by atoms with van der Waals surface area (Å²) in [4.78, 5) is 11.7. The summed E-state index contributed by atoms with van der Waals surface area (Å²) in [6.45, 7) is 4.70. The van der Waals surface area contributed by atoms with Gasteiger partial charge >= 0.3 is 0 Å². The minimum Gasteiger partial charge on any atom is -0.310 e. The molecule has 0 atom stereocenters. The molecule has 0 aliphatic heterocycles. The van der Waals surface area contributed by atoms with Gasteiger partial charge in [0.1, 0.15) is 0 Å². The van der Waals surface area contributed by atoms with Crippen molar-refractivity contribution in [1.29, 1.82) is 0 Å². The minimum atomic E-state index is -0.0719. The molecule has 354 valence electrons. The van der Waals surface area contributed by atoms with E-state index >= 15 is 0 Å². The van der Waals surface area contributed by atoms with E-state index in [1.165, 1.54) is 86.9 Å². The van der Waals surface area contributed by atoms with Crippen LogP contribution in [0, 0.1) is 0 Å². The van der Waals surface area contributed by atoms with Crippen molar-refractivity contribution in [2.75, 3.05) is 4.90 Å². The lowest BCUT2D eigenvalue weighted by Gasteiger charge is -2.28. The Morgan fingerprint density at radius 3 is 1.42 bits per heavy atom. The van der Waals surface area contributed by atoms with Crippen molar-refractivity contribution in [3.05, 3.63) is 272 Å². The Hall–Kier alpha value is -8.96. The van der Waals surface area contributed by atoms with Gasteiger partial charge in [0.05, 0.1) is 11.0 Å². The molecule has 3 aromatic heterocycles. The van der Waals surface area contributed by atoms with Gasteiger partial charge in [0, 0.05) is 65.8 Å². The maximum Gasteiger partial charge on any atom is 0.0970 e. The van der Waals surface area contributed by atoms with Crippen LogP contribution in [-0.2, 0) is 5.41 Å². The van der Waals surface area contributed by atoms with Gasteiger partial charge in [-0.3, -0.25) is 9.97 Å². The monoisotopic (exact) mass is 967 g/mol. The number of anilines is 3. The molecular formula is C70H53N3S. The van der Waals surface area contributed by atoms with Crippen molar-refractivity contribution in [3.63, 3.8) is 0 Å². The van der Waals surface area contributed by atoms with Crippen LogP contribution in [-0.4, -0.2) is 9.97 Å². The Bertz CT molecular complexity index is 4050. The molecule has 13 aromatic rings. The Kier molecular flexibility index (Phi) is 12.0. The molecule has 1 aliphatic carbocycles. The lowest BCUT2D eigenvalue weighted by Crippen LogP contribution is -2.16. The molecule has 0 radical (unpaired) electrons. The van der Waals surface area contributed by atoms with E-state index in [1.807, 2.05) is 35.9 Å². The van der Waals surface area contributed by atoms with Gasteiger partial charge in [-0.15, -0.1) is 11.3 Å². The first kappa shape index (κ1) is 46.1. The number of hydrogen-bond donors (Lipinski definition) is 0. The van der Waals surface area contributed by atoms with Gasteiger partial charge in [0.2, 0.25) is 0 Å². The highest BCUT2D eigenvalue weighted by Crippen LogP contribution is 2.51. The summed E-state index contributed by atoms with van der Waals surface area (Å²) < 4.78 is 2.67. The van der Waals surface area contributed by atoms with Gasteiger partial charge in [0.25, 0.3) is 0 Å². The zero-order chi connectivity index (χ0) is 48.9. The maximum atomic E-state index is 4.67. The van der Waals surface area contributed by atoms with Crippen LogP contribution in [0.25, 0.3) is 97.6 Å². The molecule has 14 rings (SSSR count). The van der Waals surface area contributed by atoms with E-state index in [2.05, 4.69) is 265 Å². The van der Waals surface area contributed by atoms with E-state index < -0.39 is 0 Å². The number of aromatic nitrogens is 2. The molecule has 4 heteroatoms. The number of nitrogens with zero attached hydrogens (tertiary/aromatic N) is 3. The normalized spacial score (nSPS) is 12.2. The molecule has 0 bridgehead atoms. The smallest absolute Gasteiger partial charge is 0.0970 e. The number of hydrogen-bond acceptors (Lipinski definition) is 4. The predicted octanol–water partition coefficient (Wildman–Crippen LogP) is 19.9. The van der Waals surface area contributed by atoms with E-state index in [9.17, 15) is 0 Å². The van der Waals surface area contributed by atoms with Crippen LogP contribution < -0.4 is 4.90 Å². The van der Waals surface area contributed by atoms with Crippen LogP contribution in [0.15, 0.2) is 261 Å². The van der Waals surface area contributed by atoms with Crippen molar-refractivity contribution in [2.24, 2.45) is 0 Å². The number of rotatable bonds is 7. The van der Waals surface area contributed by atoms with E-state index in [4.69, 9.17) is 0 Å². The van der Waals surface area contributed by atoms with Gasteiger partial charge in [0.15, 0.2) is 0 Å². The Morgan fingerprint density at radius 1 is 0.338 bits per heavy atom. The Labute approximate surface area is 437 Å². The van der Waals surface area contributed by atoms with Crippen molar-refractivity contribution < 1.29 is 0 Å². The highest BCUT2D eigenvalue weighted by Gasteiger charge is 2.35. The average molecular weight is 968 g/mol. The third kappa shape index (κ3) is 8.10. The molecule has 3 nitrogen and oxygen atoms in total. The van der Waals surface area contributed by atoms with Crippen LogP contribution in [0.5, 0.6) is 0 Å². The van der Waals surface area contributed by atoms with Crippen LogP contribution in [0.1, 0.15) is 32.4 Å². The van der Waals surface area contributed by atoms with Gasteiger partial charge < -0.3 is 4.90 Å². The average Bonchev–Trinajstić information content (AvgIpc) is 3.96. The molecule has 1 aliphatic rings. The fraction of sp³-hybridized carbons (Fsp3) is 0.0571. The maximum absolute atomic E-state index is 4.67. The van der Waals surface area contributed by atoms with Crippen molar-refractivity contribution in [1.82, 2.24) is 9.97 Å². The fourth-order valence-corrected chi connectivity index (χ4v) is 12.3. The second-order valence-electron chi connectivity index (χ2n) is 19.3. The highest BCUT2D eigenvalue weighted by atomic mass is 32.1. The van der Waals surface area contributed by atoms with E-state index in [1.54, 1.807) is 0 Å². The zero-order valence-electron chi connectivity index (χ0n) is 40.6. The summed E-state index contributed by atoms with van der Waals surface area (Å²) in [7, 11) is 0. The first-order valence-electron chi connectivity index (χ1n) is 25.0. The van der Waals surface area contributed by atoms with Crippen LogP contribution in [0.4, 0.5) is 17.1 Å². The third-order valence-corrected chi connectivity index (χ3v) is 15.9. The van der Waals surface area contributed by atoms with Crippen molar-refractivity contribution in [3.8, 4) is 55.6 Å². The van der Waals surface area contributed by atoms with Crippen LogP contribution in [0.2, 0.25) is 0 Å². The second kappa shape index (κ2) is 19.2. The van der Waals surface area contributed by atoms with Gasteiger partial charge in [-0.2, -0.15) is 0 Å². The molecule has 3 heterocycles. The van der Waals surface area contributed by atoms with E-state index in [0.29, 0.717) is 0 Å². The number of fused-ring (bicyclic) bond motifs is 9. The largest absolute Gasteiger partial charge is 0.310 e. The quantitative estimate of drug-likeness (QED) is 0.149. The van der Waals surface area contributed by atoms with Crippen molar-refractivity contribution >= 4 is 70.4 Å². The minimum absolute atomic E-state index is 0. The molecule has 0 fully saturated rings. The summed E-state index contributed by atoms with van der Waals surface area (Å²) in [5.74, 6) is 0. The van der Waals surface area contributed by atoms with Gasteiger partial charge in [-0.05, 0) is 121 Å². The van der Waals surface area contributed by atoms with E-state index in [0.717, 1.165) is 38.9 Å². The summed E-state index contributed by atoms with van der Waals surface area (Å²) in [5.41, 5.74) is 20.4. The Morgan fingerprint density at radius 2 is 0.797 bits per heavy atom. The molecule has 0 unspecified atom stereocenters. The topological polar surface area (TPSA) is 29.0 Å². The molecule has 74 heavy (non-hydrogen) atoms. The number of pyridine rings is 2. The van der Waals surface area contributed by atoms with Crippen LogP contribution in [0.3, 0.4) is 0 Å². The number of benzene rings is 10. The predicted molar refractivity (Wildman–Crippen MR) is 317 cm³/mol. The molecule has 10 aromatic carbocycles. The van der Waals surface area contributed by atoms with Crippen LogP contribution >= 0.6 is 11.3 Å². The third-order valence-electron chi connectivity index (χ3n) is 14.7. The SMILES string of the molecule is C.CC1(C)c2ccccc2-c2ccc(N(c3ccc(-c4ccccc4)cc3)c3ccc(-c4cccc5c4sc4ccccc45)cc3)cc21.c1ccc(-c2ccnc3c2ccc2c(-c4ccccc4)ccnc23)cc1. The lowest BCUT2D eigenvalue weighted by molar-refractivity contribution is 0.660. The standard InChI is InChI=1S/C45H33NS.C24H16N2.CH4/c1-45(2)41-17-8-6-13-37(41)38-28-27-35(29-42(38)45)46(33-23-19-31(20-24-33)30-11-4-3-5-12-30)34-25-21-32(22-26-34)36-15-10-16-40-39-14-7-9-18-43(39)47-44(36)40;1-3-7-17(8-4-1)19-13-15-25-23-21(19)11-12-22-20(14-16-26-24(22)23)18-9-5-2-6-10-18;/h3-29H,1-2H3;1-16H;1H4. The molecule has 0 amide bonds. The lowest BCUT2D eigenvalue weighted by atomic mass is 9.82. The molecule has 0 N–H and O–H groups in total. The highest BCUT2D eigenvalue weighted by molar-refractivity contribution is 7.26.